The predicted octanol–water partition coefficient (Wildman–Crippen LogP) is 3.42. The minimum absolute atomic E-state index is 0. The van der Waals surface area contributed by atoms with Gasteiger partial charge in [0.1, 0.15) is 5.82 Å². The van der Waals surface area contributed by atoms with E-state index < -0.39 is 0 Å². The maximum Gasteiger partial charge on any atom is 0.129 e. The van der Waals surface area contributed by atoms with E-state index in [1.165, 1.54) is 5.56 Å². The van der Waals surface area contributed by atoms with Crippen molar-refractivity contribution in [3.8, 4) is 0 Å². The minimum atomic E-state index is 0. The van der Waals surface area contributed by atoms with Gasteiger partial charge in [-0.05, 0) is 39.4 Å². The Labute approximate surface area is 103 Å². The molecule has 2 rings (SSSR count). The van der Waals surface area contributed by atoms with Crippen LogP contribution in [0, 0.1) is 5.41 Å². The number of pyridine rings is 1. The SMILES string of the molecule is Br.CC1(C)CNc2ncc(Br)cc2C1. The minimum Gasteiger partial charge on any atom is -0.369 e. The third-order valence-corrected chi connectivity index (χ3v) is 2.77. The summed E-state index contributed by atoms with van der Waals surface area (Å²) in [6.45, 7) is 5.54. The summed E-state index contributed by atoms with van der Waals surface area (Å²) in [5, 5.41) is 3.35. The van der Waals surface area contributed by atoms with Crippen LogP contribution >= 0.6 is 32.9 Å². The van der Waals surface area contributed by atoms with Crippen molar-refractivity contribution >= 4 is 38.7 Å². The Hall–Kier alpha value is -0.0900. The van der Waals surface area contributed by atoms with E-state index >= 15 is 0 Å². The van der Waals surface area contributed by atoms with Crippen molar-refractivity contribution in [2.45, 2.75) is 20.3 Å². The van der Waals surface area contributed by atoms with Crippen LogP contribution in [0.4, 0.5) is 5.82 Å². The number of nitrogens with zero attached hydrogens (tertiary/aromatic N) is 1. The van der Waals surface area contributed by atoms with Gasteiger partial charge in [0.15, 0.2) is 0 Å². The first-order chi connectivity index (χ1) is 6.07. The molecule has 1 aromatic heterocycles. The van der Waals surface area contributed by atoms with Gasteiger partial charge >= 0.3 is 0 Å². The van der Waals surface area contributed by atoms with Crippen molar-refractivity contribution in [3.63, 3.8) is 0 Å². The first-order valence-electron chi connectivity index (χ1n) is 4.45. The van der Waals surface area contributed by atoms with Gasteiger partial charge in [-0.25, -0.2) is 4.98 Å². The van der Waals surface area contributed by atoms with Crippen LogP contribution in [0.5, 0.6) is 0 Å². The molecule has 2 nitrogen and oxygen atoms in total. The second-order valence-corrected chi connectivity index (χ2v) is 5.27. The van der Waals surface area contributed by atoms with Crippen LogP contribution in [-0.2, 0) is 6.42 Å². The molecule has 0 saturated carbocycles. The summed E-state index contributed by atoms with van der Waals surface area (Å²) in [4.78, 5) is 4.33. The van der Waals surface area contributed by atoms with Gasteiger partial charge in [-0.3, -0.25) is 0 Å². The van der Waals surface area contributed by atoms with Gasteiger partial charge in [0.05, 0.1) is 0 Å². The number of rotatable bonds is 0. The van der Waals surface area contributed by atoms with E-state index in [1.807, 2.05) is 6.20 Å². The zero-order chi connectivity index (χ0) is 9.47. The van der Waals surface area contributed by atoms with E-state index in [-0.39, 0.29) is 17.0 Å². The van der Waals surface area contributed by atoms with Crippen LogP contribution in [0.3, 0.4) is 0 Å². The topological polar surface area (TPSA) is 24.9 Å². The van der Waals surface area contributed by atoms with Crippen molar-refractivity contribution < 1.29 is 0 Å². The van der Waals surface area contributed by atoms with Gasteiger partial charge in [-0.2, -0.15) is 0 Å². The van der Waals surface area contributed by atoms with E-state index in [0.717, 1.165) is 23.3 Å². The molecule has 0 bridgehead atoms. The van der Waals surface area contributed by atoms with Gasteiger partial charge in [-0.15, -0.1) is 17.0 Å². The lowest BCUT2D eigenvalue weighted by Gasteiger charge is -2.31. The third-order valence-electron chi connectivity index (χ3n) is 2.34. The fourth-order valence-electron chi connectivity index (χ4n) is 1.68. The molecule has 1 aliphatic rings. The first-order valence-corrected chi connectivity index (χ1v) is 5.24. The fourth-order valence-corrected chi connectivity index (χ4v) is 2.05. The van der Waals surface area contributed by atoms with Crippen LogP contribution in [0.15, 0.2) is 16.7 Å². The molecule has 0 fully saturated rings. The van der Waals surface area contributed by atoms with E-state index in [9.17, 15) is 0 Å². The normalized spacial score (nSPS) is 17.6. The summed E-state index contributed by atoms with van der Waals surface area (Å²) < 4.78 is 1.06. The standard InChI is InChI=1S/C10H13BrN2.BrH/c1-10(2)4-7-3-8(11)5-12-9(7)13-6-10;/h3,5H,4,6H2,1-2H3,(H,12,13);1H. The Morgan fingerprint density at radius 2 is 2.21 bits per heavy atom. The maximum atomic E-state index is 4.33. The van der Waals surface area contributed by atoms with Gasteiger partial charge in [0.25, 0.3) is 0 Å². The molecule has 1 aliphatic heterocycles. The Kier molecular flexibility index (Phi) is 3.58. The first kappa shape index (κ1) is 12.0. The number of hydrogen-bond donors (Lipinski definition) is 1. The molecule has 4 heteroatoms. The van der Waals surface area contributed by atoms with Crippen LogP contribution in [0.2, 0.25) is 0 Å². The number of halogens is 2. The van der Waals surface area contributed by atoms with Crippen LogP contribution in [0.25, 0.3) is 0 Å². The lowest BCUT2D eigenvalue weighted by molar-refractivity contribution is 0.377. The number of anilines is 1. The Bertz CT molecular complexity index is 337. The number of aromatic nitrogens is 1. The molecule has 0 amide bonds. The molecule has 0 aromatic carbocycles. The Morgan fingerprint density at radius 1 is 1.50 bits per heavy atom. The van der Waals surface area contributed by atoms with Gasteiger partial charge < -0.3 is 5.32 Å². The summed E-state index contributed by atoms with van der Waals surface area (Å²) >= 11 is 3.44. The maximum absolute atomic E-state index is 4.33. The molecular formula is C10H14Br2N2. The van der Waals surface area contributed by atoms with E-state index in [0.29, 0.717) is 5.41 Å². The average Bonchev–Trinajstić information content (AvgIpc) is 2.01. The number of nitrogens with one attached hydrogen (secondary N) is 1. The largest absolute Gasteiger partial charge is 0.369 e. The average molecular weight is 322 g/mol. The lowest BCUT2D eigenvalue weighted by Crippen LogP contribution is -2.31. The summed E-state index contributed by atoms with van der Waals surface area (Å²) in [6.07, 6.45) is 2.94. The molecule has 0 spiro atoms. The molecule has 14 heavy (non-hydrogen) atoms. The van der Waals surface area contributed by atoms with Crippen LogP contribution in [0.1, 0.15) is 19.4 Å². The van der Waals surface area contributed by atoms with Gasteiger partial charge in [0.2, 0.25) is 0 Å². The summed E-state index contributed by atoms with van der Waals surface area (Å²) in [5.74, 6) is 1.04. The number of fused-ring (bicyclic) bond motifs is 1. The van der Waals surface area contributed by atoms with Gasteiger partial charge in [0, 0.05) is 17.2 Å². The fraction of sp³-hybridized carbons (Fsp3) is 0.500. The second kappa shape index (κ2) is 4.19. The highest BCUT2D eigenvalue weighted by atomic mass is 79.9. The molecule has 0 unspecified atom stereocenters. The van der Waals surface area contributed by atoms with Crippen molar-refractivity contribution in [2.24, 2.45) is 5.41 Å². The molecule has 0 aliphatic carbocycles. The van der Waals surface area contributed by atoms with Crippen molar-refractivity contribution in [1.29, 1.82) is 0 Å². The molecule has 0 atom stereocenters. The van der Waals surface area contributed by atoms with Crippen LogP contribution in [-0.4, -0.2) is 11.5 Å². The molecular weight excluding hydrogens is 308 g/mol. The third kappa shape index (κ3) is 2.48. The van der Waals surface area contributed by atoms with Crippen molar-refractivity contribution in [3.05, 3.63) is 22.3 Å². The van der Waals surface area contributed by atoms with Crippen LogP contribution < -0.4 is 5.32 Å². The summed E-state index contributed by atoms with van der Waals surface area (Å²) in [6, 6.07) is 2.15. The molecule has 0 saturated heterocycles. The Balaban J connectivity index is 0.000000980. The van der Waals surface area contributed by atoms with Gasteiger partial charge in [-0.1, -0.05) is 13.8 Å². The molecule has 1 aromatic rings. The smallest absolute Gasteiger partial charge is 0.129 e. The summed E-state index contributed by atoms with van der Waals surface area (Å²) in [5.41, 5.74) is 1.65. The lowest BCUT2D eigenvalue weighted by atomic mass is 9.83. The second-order valence-electron chi connectivity index (χ2n) is 4.36. The highest BCUT2D eigenvalue weighted by Gasteiger charge is 2.25. The quantitative estimate of drug-likeness (QED) is 0.792. The highest BCUT2D eigenvalue weighted by molar-refractivity contribution is 9.10. The van der Waals surface area contributed by atoms with E-state index in [2.05, 4.69) is 46.1 Å². The monoisotopic (exact) mass is 320 g/mol. The highest BCUT2D eigenvalue weighted by Crippen LogP contribution is 2.31. The van der Waals surface area contributed by atoms with Crippen molar-refractivity contribution in [2.75, 3.05) is 11.9 Å². The zero-order valence-corrected chi connectivity index (χ0v) is 11.6. The van der Waals surface area contributed by atoms with E-state index in [4.69, 9.17) is 0 Å². The Morgan fingerprint density at radius 3 is 2.93 bits per heavy atom. The predicted molar refractivity (Wildman–Crippen MR) is 68.2 cm³/mol. The van der Waals surface area contributed by atoms with E-state index in [1.54, 1.807) is 0 Å². The molecule has 78 valence electrons. The zero-order valence-electron chi connectivity index (χ0n) is 8.30. The molecule has 0 radical (unpaired) electrons. The molecule has 2 heterocycles. The number of hydrogen-bond acceptors (Lipinski definition) is 2. The molecule has 1 N–H and O–H groups in total. The van der Waals surface area contributed by atoms with Crippen molar-refractivity contribution in [1.82, 2.24) is 4.98 Å². The summed E-state index contributed by atoms with van der Waals surface area (Å²) in [7, 11) is 0.